The average Bonchev–Trinajstić information content (AvgIpc) is 2.95. The molecule has 0 saturated carbocycles. The molecule has 106 valence electrons. The summed E-state index contributed by atoms with van der Waals surface area (Å²) in [6.07, 6.45) is 1.40. The Morgan fingerprint density at radius 1 is 1.55 bits per heavy atom. The maximum atomic E-state index is 12.2. The zero-order valence-electron chi connectivity index (χ0n) is 11.6. The molecule has 4 heteroatoms. The first-order valence-corrected chi connectivity index (χ1v) is 7.95. The summed E-state index contributed by atoms with van der Waals surface area (Å²) in [6.45, 7) is 2.05. The van der Waals surface area contributed by atoms with E-state index in [1.54, 1.807) is 0 Å². The van der Waals surface area contributed by atoms with Crippen molar-refractivity contribution >= 4 is 23.4 Å². The van der Waals surface area contributed by atoms with Crippen molar-refractivity contribution in [3.63, 3.8) is 0 Å². The average molecular weight is 289 g/mol. The Bertz CT molecular complexity index is 539. The summed E-state index contributed by atoms with van der Waals surface area (Å²) in [4.78, 5) is 12.2. The highest BCUT2D eigenvalue weighted by Crippen LogP contribution is 2.25. The van der Waals surface area contributed by atoms with Crippen LogP contribution in [-0.2, 0) is 4.79 Å². The smallest absolute Gasteiger partial charge is 0.228 e. The summed E-state index contributed by atoms with van der Waals surface area (Å²) < 4.78 is 0. The molecule has 1 fully saturated rings. The topological polar surface area (TPSA) is 49.3 Å². The molecule has 1 unspecified atom stereocenters. The molecular formula is C16H19NO2S. The molecule has 0 radical (unpaired) electrons. The number of hydrogen-bond acceptors (Lipinski definition) is 3. The first kappa shape index (κ1) is 15.0. The lowest BCUT2D eigenvalue weighted by molar-refractivity contribution is -0.119. The van der Waals surface area contributed by atoms with Crippen molar-refractivity contribution in [2.45, 2.75) is 19.8 Å². The number of aliphatic hydroxyl groups excluding tert-OH is 1. The standard InChI is InChI=1S/C16H19NO2S/c1-12-5-6-13(4-2-3-8-18)15(10-12)17-16(19)14-7-9-20-11-14/h5-6,10,14,18H,3,7-9,11H2,1H3,(H,17,19). The van der Waals surface area contributed by atoms with Crippen molar-refractivity contribution in [2.24, 2.45) is 5.92 Å². The summed E-state index contributed by atoms with van der Waals surface area (Å²) in [5, 5.41) is 11.8. The highest BCUT2D eigenvalue weighted by Gasteiger charge is 2.23. The highest BCUT2D eigenvalue weighted by atomic mass is 32.2. The number of aliphatic hydroxyl groups is 1. The van der Waals surface area contributed by atoms with Crippen LogP contribution in [0.25, 0.3) is 0 Å². The van der Waals surface area contributed by atoms with Crippen LogP contribution in [0.4, 0.5) is 5.69 Å². The van der Waals surface area contributed by atoms with E-state index in [9.17, 15) is 4.79 Å². The van der Waals surface area contributed by atoms with Gasteiger partial charge < -0.3 is 10.4 Å². The van der Waals surface area contributed by atoms with Gasteiger partial charge in [0.25, 0.3) is 0 Å². The number of rotatable bonds is 3. The summed E-state index contributed by atoms with van der Waals surface area (Å²) >= 11 is 1.83. The second-order valence-corrected chi connectivity index (χ2v) is 6.02. The number of amides is 1. The van der Waals surface area contributed by atoms with Gasteiger partial charge >= 0.3 is 0 Å². The second kappa shape index (κ2) is 7.37. The van der Waals surface area contributed by atoms with Gasteiger partial charge in [0, 0.05) is 23.7 Å². The Morgan fingerprint density at radius 2 is 2.40 bits per heavy atom. The number of thioether (sulfide) groups is 1. The Hall–Kier alpha value is -1.44. The molecule has 0 bridgehead atoms. The fourth-order valence-electron chi connectivity index (χ4n) is 2.06. The minimum atomic E-state index is 0.0554. The van der Waals surface area contributed by atoms with E-state index >= 15 is 0 Å². The molecule has 1 aromatic carbocycles. The molecule has 2 rings (SSSR count). The molecule has 1 heterocycles. The van der Waals surface area contributed by atoms with Crippen molar-refractivity contribution in [2.75, 3.05) is 23.4 Å². The van der Waals surface area contributed by atoms with Gasteiger partial charge in [0.1, 0.15) is 0 Å². The predicted octanol–water partition coefficient (Wildman–Crippen LogP) is 2.42. The maximum Gasteiger partial charge on any atom is 0.228 e. The Labute approximate surface area is 124 Å². The van der Waals surface area contributed by atoms with Crippen LogP contribution >= 0.6 is 11.8 Å². The van der Waals surface area contributed by atoms with E-state index in [1.165, 1.54) is 0 Å². The number of benzene rings is 1. The molecule has 1 aromatic rings. The molecule has 0 spiro atoms. The zero-order valence-corrected chi connectivity index (χ0v) is 12.4. The van der Waals surface area contributed by atoms with E-state index in [4.69, 9.17) is 5.11 Å². The van der Waals surface area contributed by atoms with Crippen molar-refractivity contribution < 1.29 is 9.90 Å². The van der Waals surface area contributed by atoms with Gasteiger partial charge in [-0.25, -0.2) is 0 Å². The van der Waals surface area contributed by atoms with E-state index in [1.807, 2.05) is 36.9 Å². The van der Waals surface area contributed by atoms with Gasteiger partial charge in [-0.05, 0) is 36.8 Å². The predicted molar refractivity (Wildman–Crippen MR) is 83.8 cm³/mol. The molecule has 0 aromatic heterocycles. The molecule has 20 heavy (non-hydrogen) atoms. The quantitative estimate of drug-likeness (QED) is 0.840. The first-order chi connectivity index (χ1) is 9.70. The normalized spacial score (nSPS) is 17.4. The third-order valence-corrected chi connectivity index (χ3v) is 4.36. The minimum absolute atomic E-state index is 0.0554. The molecule has 1 amide bonds. The van der Waals surface area contributed by atoms with Crippen LogP contribution in [0.2, 0.25) is 0 Å². The number of carbonyl (C=O) groups is 1. The van der Waals surface area contributed by atoms with Gasteiger partial charge in [0.05, 0.1) is 12.3 Å². The molecular weight excluding hydrogens is 270 g/mol. The van der Waals surface area contributed by atoms with Gasteiger partial charge in [-0.1, -0.05) is 17.9 Å². The molecule has 1 aliphatic rings. The Balaban J connectivity index is 2.14. The number of aryl methyl sites for hydroxylation is 1. The fraction of sp³-hybridized carbons (Fsp3) is 0.438. The monoisotopic (exact) mass is 289 g/mol. The van der Waals surface area contributed by atoms with E-state index in [-0.39, 0.29) is 18.4 Å². The molecule has 1 saturated heterocycles. The van der Waals surface area contributed by atoms with E-state index in [0.29, 0.717) is 6.42 Å². The van der Waals surface area contributed by atoms with Gasteiger partial charge in [-0.15, -0.1) is 0 Å². The largest absolute Gasteiger partial charge is 0.395 e. The Kier molecular flexibility index (Phi) is 5.51. The highest BCUT2D eigenvalue weighted by molar-refractivity contribution is 7.99. The van der Waals surface area contributed by atoms with Gasteiger partial charge in [-0.3, -0.25) is 4.79 Å². The van der Waals surface area contributed by atoms with Crippen LogP contribution in [-0.4, -0.2) is 29.1 Å². The van der Waals surface area contributed by atoms with Gasteiger partial charge in [0.2, 0.25) is 5.91 Å². The molecule has 3 nitrogen and oxygen atoms in total. The van der Waals surface area contributed by atoms with E-state index < -0.39 is 0 Å². The van der Waals surface area contributed by atoms with Crippen LogP contribution in [0.15, 0.2) is 18.2 Å². The van der Waals surface area contributed by atoms with Crippen LogP contribution in [0, 0.1) is 24.7 Å². The lowest BCUT2D eigenvalue weighted by atomic mass is 10.1. The Morgan fingerprint density at radius 3 is 3.10 bits per heavy atom. The van der Waals surface area contributed by atoms with Crippen LogP contribution in [0.3, 0.4) is 0 Å². The van der Waals surface area contributed by atoms with Crippen LogP contribution < -0.4 is 5.32 Å². The SMILES string of the molecule is Cc1ccc(C#CCCO)c(NC(=O)C2CCSC2)c1. The molecule has 1 atom stereocenters. The minimum Gasteiger partial charge on any atom is -0.395 e. The summed E-state index contributed by atoms with van der Waals surface area (Å²) in [6, 6.07) is 5.84. The van der Waals surface area contributed by atoms with Gasteiger partial charge in [-0.2, -0.15) is 11.8 Å². The lowest BCUT2D eigenvalue weighted by Gasteiger charge is -2.12. The second-order valence-electron chi connectivity index (χ2n) is 4.87. The number of hydrogen-bond donors (Lipinski definition) is 2. The summed E-state index contributed by atoms with van der Waals surface area (Å²) in [7, 11) is 0. The number of nitrogens with one attached hydrogen (secondary N) is 1. The van der Waals surface area contributed by atoms with Crippen molar-refractivity contribution in [1.82, 2.24) is 0 Å². The number of carbonyl (C=O) groups excluding carboxylic acids is 1. The third-order valence-electron chi connectivity index (χ3n) is 3.19. The van der Waals surface area contributed by atoms with E-state index in [2.05, 4.69) is 17.2 Å². The first-order valence-electron chi connectivity index (χ1n) is 6.79. The summed E-state index contributed by atoms with van der Waals surface area (Å²) in [5.41, 5.74) is 2.68. The number of anilines is 1. The third kappa shape index (κ3) is 4.03. The van der Waals surface area contributed by atoms with Crippen LogP contribution in [0.1, 0.15) is 24.0 Å². The summed E-state index contributed by atoms with van der Waals surface area (Å²) in [5.74, 6) is 8.08. The zero-order chi connectivity index (χ0) is 14.4. The van der Waals surface area contributed by atoms with Crippen molar-refractivity contribution in [3.8, 4) is 11.8 Å². The molecule has 2 N–H and O–H groups in total. The molecule has 1 aliphatic heterocycles. The van der Waals surface area contributed by atoms with Crippen molar-refractivity contribution in [3.05, 3.63) is 29.3 Å². The fourth-order valence-corrected chi connectivity index (χ4v) is 3.28. The van der Waals surface area contributed by atoms with E-state index in [0.717, 1.165) is 34.7 Å². The molecule has 0 aliphatic carbocycles. The van der Waals surface area contributed by atoms with Crippen molar-refractivity contribution in [1.29, 1.82) is 0 Å². The maximum absolute atomic E-state index is 12.2. The van der Waals surface area contributed by atoms with Crippen LogP contribution in [0.5, 0.6) is 0 Å². The lowest BCUT2D eigenvalue weighted by Crippen LogP contribution is -2.22. The van der Waals surface area contributed by atoms with Gasteiger partial charge in [0.15, 0.2) is 0 Å².